The zero-order chi connectivity index (χ0) is 17.1. The minimum atomic E-state index is -0.625. The Bertz CT molecular complexity index is 933. The van der Waals surface area contributed by atoms with Gasteiger partial charge in [0.1, 0.15) is 11.5 Å². The van der Waals surface area contributed by atoms with Crippen LogP contribution >= 0.6 is 0 Å². The summed E-state index contributed by atoms with van der Waals surface area (Å²) in [6.07, 6.45) is 1.20. The van der Waals surface area contributed by atoms with Gasteiger partial charge in [-0.3, -0.25) is 4.40 Å². The Morgan fingerprint density at radius 2 is 2.12 bits per heavy atom. The first-order valence-corrected chi connectivity index (χ1v) is 7.41. The molecular formula is C17H15FN4O2. The van der Waals surface area contributed by atoms with Crippen molar-refractivity contribution in [1.29, 1.82) is 0 Å². The molecule has 0 aliphatic carbocycles. The number of pyridine rings is 1. The predicted octanol–water partition coefficient (Wildman–Crippen LogP) is 4.37. The Morgan fingerprint density at radius 3 is 2.88 bits per heavy atom. The molecule has 3 aromatic rings. The third kappa shape index (κ3) is 3.15. The molecule has 0 fully saturated rings. The highest BCUT2D eigenvalue weighted by Crippen LogP contribution is 2.25. The number of aryl methyl sites for hydroxylation is 1. The Labute approximate surface area is 137 Å². The van der Waals surface area contributed by atoms with Crippen molar-refractivity contribution >= 4 is 23.1 Å². The molecule has 0 N–H and O–H groups in total. The van der Waals surface area contributed by atoms with E-state index in [0.717, 1.165) is 5.56 Å². The fraction of sp³-hybridized carbons (Fsp3) is 0.176. The average molecular weight is 326 g/mol. The number of nitrogens with zero attached hydrogens (tertiary/aromatic N) is 4. The number of ether oxygens (including phenoxy) is 1. The number of esters is 1. The van der Waals surface area contributed by atoms with E-state index in [1.165, 1.54) is 22.7 Å². The summed E-state index contributed by atoms with van der Waals surface area (Å²) < 4.78 is 19.9. The van der Waals surface area contributed by atoms with Gasteiger partial charge in [0.15, 0.2) is 11.5 Å². The fourth-order valence-corrected chi connectivity index (χ4v) is 2.23. The van der Waals surface area contributed by atoms with Crippen molar-refractivity contribution in [3.05, 3.63) is 59.7 Å². The molecule has 0 atom stereocenters. The van der Waals surface area contributed by atoms with Crippen LogP contribution in [0.15, 0.2) is 52.8 Å². The van der Waals surface area contributed by atoms with E-state index in [1.807, 2.05) is 25.1 Å². The molecule has 0 aliphatic heterocycles. The number of hydrogen-bond donors (Lipinski definition) is 0. The Morgan fingerprint density at radius 1 is 1.29 bits per heavy atom. The summed E-state index contributed by atoms with van der Waals surface area (Å²) in [5.41, 5.74) is 2.04. The third-order valence-corrected chi connectivity index (χ3v) is 3.29. The monoisotopic (exact) mass is 326 g/mol. The van der Waals surface area contributed by atoms with Crippen LogP contribution in [-0.4, -0.2) is 22.0 Å². The Kier molecular flexibility index (Phi) is 4.33. The minimum Gasteiger partial charge on any atom is -0.461 e. The summed E-state index contributed by atoms with van der Waals surface area (Å²) in [5, 5.41) is 8.23. The van der Waals surface area contributed by atoms with Gasteiger partial charge in [-0.1, -0.05) is 12.1 Å². The number of azo groups is 1. The summed E-state index contributed by atoms with van der Waals surface area (Å²) in [6, 6.07) is 10.1. The normalized spacial score (nSPS) is 11.3. The number of halogens is 1. The molecule has 0 spiro atoms. The van der Waals surface area contributed by atoms with Gasteiger partial charge in [-0.15, -0.1) is 10.2 Å². The van der Waals surface area contributed by atoms with E-state index in [0.29, 0.717) is 11.3 Å². The van der Waals surface area contributed by atoms with Gasteiger partial charge in [-0.05, 0) is 43.7 Å². The van der Waals surface area contributed by atoms with Crippen molar-refractivity contribution in [2.24, 2.45) is 10.2 Å². The van der Waals surface area contributed by atoms with E-state index >= 15 is 0 Å². The van der Waals surface area contributed by atoms with Crippen molar-refractivity contribution in [1.82, 2.24) is 9.38 Å². The molecular weight excluding hydrogens is 311 g/mol. The number of benzene rings is 1. The van der Waals surface area contributed by atoms with E-state index in [-0.39, 0.29) is 18.1 Å². The Hall–Kier alpha value is -3.09. The maximum Gasteiger partial charge on any atom is 0.360 e. The summed E-state index contributed by atoms with van der Waals surface area (Å²) in [4.78, 5) is 16.3. The van der Waals surface area contributed by atoms with Gasteiger partial charge in [-0.25, -0.2) is 14.2 Å². The number of rotatable bonds is 4. The van der Waals surface area contributed by atoms with E-state index < -0.39 is 11.8 Å². The molecule has 0 unspecified atom stereocenters. The molecule has 2 aromatic heterocycles. The number of fused-ring (bicyclic) bond motifs is 1. The van der Waals surface area contributed by atoms with Crippen molar-refractivity contribution in [2.75, 3.05) is 6.61 Å². The molecule has 6 nitrogen and oxygen atoms in total. The lowest BCUT2D eigenvalue weighted by Gasteiger charge is -2.00. The van der Waals surface area contributed by atoms with Gasteiger partial charge in [0.25, 0.3) is 0 Å². The lowest BCUT2D eigenvalue weighted by atomic mass is 10.2. The first kappa shape index (κ1) is 15.8. The van der Waals surface area contributed by atoms with Gasteiger partial charge < -0.3 is 4.74 Å². The SMILES string of the molecule is CCOC(=O)c1nc2ccc(F)cn2c1N=Nc1cccc(C)c1. The van der Waals surface area contributed by atoms with Gasteiger partial charge in [-0.2, -0.15) is 0 Å². The molecule has 122 valence electrons. The highest BCUT2D eigenvalue weighted by molar-refractivity contribution is 5.93. The van der Waals surface area contributed by atoms with Gasteiger partial charge in [0.05, 0.1) is 12.3 Å². The number of imidazole rings is 1. The summed E-state index contributed by atoms with van der Waals surface area (Å²) in [5.74, 6) is -0.966. The molecule has 0 saturated carbocycles. The largest absolute Gasteiger partial charge is 0.461 e. The van der Waals surface area contributed by atoms with Crippen LogP contribution in [0.3, 0.4) is 0 Å². The highest BCUT2D eigenvalue weighted by atomic mass is 19.1. The molecule has 0 bridgehead atoms. The fourth-order valence-electron chi connectivity index (χ4n) is 2.23. The molecule has 3 rings (SSSR count). The summed E-state index contributed by atoms with van der Waals surface area (Å²) in [6.45, 7) is 3.84. The first-order valence-electron chi connectivity index (χ1n) is 7.41. The smallest absolute Gasteiger partial charge is 0.360 e. The second-order valence-corrected chi connectivity index (χ2v) is 5.12. The van der Waals surface area contributed by atoms with E-state index in [4.69, 9.17) is 4.74 Å². The molecule has 2 heterocycles. The van der Waals surface area contributed by atoms with Crippen LogP contribution in [0, 0.1) is 12.7 Å². The van der Waals surface area contributed by atoms with Crippen molar-refractivity contribution in [3.8, 4) is 0 Å². The molecule has 1 aromatic carbocycles. The van der Waals surface area contributed by atoms with Crippen LogP contribution in [0.25, 0.3) is 5.65 Å². The lowest BCUT2D eigenvalue weighted by Crippen LogP contribution is -2.05. The van der Waals surface area contributed by atoms with Crippen molar-refractivity contribution in [2.45, 2.75) is 13.8 Å². The van der Waals surface area contributed by atoms with Crippen molar-refractivity contribution in [3.63, 3.8) is 0 Å². The maximum atomic E-state index is 13.6. The predicted molar refractivity (Wildman–Crippen MR) is 86.5 cm³/mol. The van der Waals surface area contributed by atoms with Gasteiger partial charge in [0, 0.05) is 6.20 Å². The minimum absolute atomic E-state index is 0.00106. The Balaban J connectivity index is 2.11. The zero-order valence-corrected chi connectivity index (χ0v) is 13.2. The lowest BCUT2D eigenvalue weighted by molar-refractivity contribution is 0.0521. The molecule has 0 radical (unpaired) electrons. The zero-order valence-electron chi connectivity index (χ0n) is 13.2. The van der Waals surface area contributed by atoms with Crippen LogP contribution in [0.2, 0.25) is 0 Å². The van der Waals surface area contributed by atoms with Crippen LogP contribution in [0.1, 0.15) is 23.0 Å². The van der Waals surface area contributed by atoms with Crippen LogP contribution in [0.5, 0.6) is 0 Å². The standard InChI is InChI=1S/C17H15FN4O2/c1-3-24-17(23)15-16(21-20-13-6-4-5-11(2)9-13)22-10-12(18)7-8-14(22)19-15/h4-10H,3H2,1-2H3. The highest BCUT2D eigenvalue weighted by Gasteiger charge is 2.20. The third-order valence-electron chi connectivity index (χ3n) is 3.29. The maximum absolute atomic E-state index is 13.6. The number of carbonyl (C=O) groups is 1. The van der Waals surface area contributed by atoms with Crippen LogP contribution in [0.4, 0.5) is 15.9 Å². The van der Waals surface area contributed by atoms with Crippen molar-refractivity contribution < 1.29 is 13.9 Å². The van der Waals surface area contributed by atoms with E-state index in [9.17, 15) is 9.18 Å². The van der Waals surface area contributed by atoms with Crippen LogP contribution in [-0.2, 0) is 4.74 Å². The second-order valence-electron chi connectivity index (χ2n) is 5.12. The van der Waals surface area contributed by atoms with E-state index in [2.05, 4.69) is 15.2 Å². The summed E-state index contributed by atoms with van der Waals surface area (Å²) >= 11 is 0. The molecule has 24 heavy (non-hydrogen) atoms. The molecule has 0 saturated heterocycles. The van der Waals surface area contributed by atoms with E-state index in [1.54, 1.807) is 13.0 Å². The topological polar surface area (TPSA) is 68.3 Å². The molecule has 0 aliphatic rings. The van der Waals surface area contributed by atoms with Gasteiger partial charge >= 0.3 is 5.97 Å². The van der Waals surface area contributed by atoms with Gasteiger partial charge in [0.2, 0.25) is 0 Å². The first-order chi connectivity index (χ1) is 11.6. The number of aromatic nitrogens is 2. The number of carbonyl (C=O) groups excluding carboxylic acids is 1. The molecule has 0 amide bonds. The quantitative estimate of drug-likeness (QED) is 0.528. The molecule has 7 heteroatoms. The van der Waals surface area contributed by atoms with Crippen LogP contribution < -0.4 is 0 Å². The second kappa shape index (κ2) is 6.57. The number of hydrogen-bond acceptors (Lipinski definition) is 5. The summed E-state index contributed by atoms with van der Waals surface area (Å²) in [7, 11) is 0. The average Bonchev–Trinajstić information content (AvgIpc) is 2.91.